The van der Waals surface area contributed by atoms with Crippen molar-refractivity contribution in [2.45, 2.75) is 52.3 Å². The molecular weight excluding hydrogens is 282 g/mol. The van der Waals surface area contributed by atoms with Crippen LogP contribution in [0.15, 0.2) is 4.52 Å². The van der Waals surface area contributed by atoms with Crippen molar-refractivity contribution in [3.05, 3.63) is 28.7 Å². The van der Waals surface area contributed by atoms with Gasteiger partial charge in [-0.25, -0.2) is 0 Å². The molecule has 0 bridgehead atoms. The number of nitrogens with one attached hydrogen (secondary N) is 1. The first-order valence-electron chi connectivity index (χ1n) is 7.76. The second-order valence-corrected chi connectivity index (χ2v) is 5.73. The van der Waals surface area contributed by atoms with Crippen LogP contribution in [0.2, 0.25) is 0 Å². The van der Waals surface area contributed by atoms with Gasteiger partial charge in [0.1, 0.15) is 6.10 Å². The molecule has 7 nitrogen and oxygen atoms in total. The Bertz CT molecular complexity index is 648. The van der Waals surface area contributed by atoms with Gasteiger partial charge in [0.15, 0.2) is 5.82 Å². The Kier molecular flexibility index (Phi) is 4.26. The van der Waals surface area contributed by atoms with Gasteiger partial charge in [-0.1, -0.05) is 12.1 Å². The molecule has 0 unspecified atom stereocenters. The average Bonchev–Trinajstić information content (AvgIpc) is 3.18. The minimum atomic E-state index is 0.0299. The lowest BCUT2D eigenvalue weighted by atomic mass is 10.0. The minimum Gasteiger partial charge on any atom is -0.372 e. The highest BCUT2D eigenvalue weighted by atomic mass is 16.5. The summed E-state index contributed by atoms with van der Waals surface area (Å²) in [6, 6.07) is 0.235. The van der Waals surface area contributed by atoms with E-state index in [0.29, 0.717) is 12.4 Å². The van der Waals surface area contributed by atoms with Crippen molar-refractivity contribution >= 4 is 0 Å². The van der Waals surface area contributed by atoms with E-state index < -0.39 is 0 Å². The molecule has 0 spiro atoms. The van der Waals surface area contributed by atoms with Gasteiger partial charge in [0.05, 0.1) is 12.2 Å². The molecule has 1 saturated heterocycles. The van der Waals surface area contributed by atoms with Crippen molar-refractivity contribution in [2.75, 3.05) is 6.61 Å². The zero-order valence-electron chi connectivity index (χ0n) is 13.6. The van der Waals surface area contributed by atoms with Crippen molar-refractivity contribution in [2.24, 2.45) is 7.05 Å². The number of hydrogen-bond acceptors (Lipinski definition) is 6. The Morgan fingerprint density at radius 2 is 2.18 bits per heavy atom. The molecule has 22 heavy (non-hydrogen) atoms. The SMILES string of the molecule is CCc1noc(CN[C@H]2CCO[C@@H]2c2c(C)nn(C)c2C)n1. The van der Waals surface area contributed by atoms with Crippen molar-refractivity contribution < 1.29 is 9.26 Å². The molecule has 1 N–H and O–H groups in total. The maximum atomic E-state index is 5.96. The Balaban J connectivity index is 1.70. The second kappa shape index (κ2) is 6.18. The summed E-state index contributed by atoms with van der Waals surface area (Å²) in [7, 11) is 1.97. The molecule has 7 heteroatoms. The van der Waals surface area contributed by atoms with Crippen LogP contribution in [0.4, 0.5) is 0 Å². The highest BCUT2D eigenvalue weighted by molar-refractivity contribution is 5.29. The number of aromatic nitrogens is 4. The van der Waals surface area contributed by atoms with E-state index in [4.69, 9.17) is 9.26 Å². The Labute approximate surface area is 130 Å². The van der Waals surface area contributed by atoms with Gasteiger partial charge in [-0.2, -0.15) is 10.1 Å². The number of hydrogen-bond donors (Lipinski definition) is 1. The summed E-state index contributed by atoms with van der Waals surface area (Å²) in [5.74, 6) is 1.37. The number of rotatable bonds is 5. The van der Waals surface area contributed by atoms with Crippen LogP contribution in [-0.4, -0.2) is 32.6 Å². The van der Waals surface area contributed by atoms with E-state index in [1.807, 2.05) is 25.6 Å². The van der Waals surface area contributed by atoms with E-state index in [1.165, 1.54) is 5.56 Å². The standard InChI is InChI=1S/C15H23N5O2/c1-5-12-17-13(22-19-12)8-16-11-6-7-21-15(11)14-9(2)18-20(4)10(14)3/h11,15-16H,5-8H2,1-4H3/t11-,15-/m0/s1. The molecule has 1 aliphatic rings. The zero-order valence-corrected chi connectivity index (χ0v) is 13.6. The molecule has 3 heterocycles. The lowest BCUT2D eigenvalue weighted by Crippen LogP contribution is -2.31. The van der Waals surface area contributed by atoms with Crippen LogP contribution >= 0.6 is 0 Å². The summed E-state index contributed by atoms with van der Waals surface area (Å²) < 4.78 is 13.1. The second-order valence-electron chi connectivity index (χ2n) is 5.73. The van der Waals surface area contributed by atoms with E-state index in [9.17, 15) is 0 Å². The van der Waals surface area contributed by atoms with Gasteiger partial charge in [-0.15, -0.1) is 0 Å². The topological polar surface area (TPSA) is 78.0 Å². The third-order valence-electron chi connectivity index (χ3n) is 4.28. The molecule has 0 saturated carbocycles. The van der Waals surface area contributed by atoms with E-state index in [-0.39, 0.29) is 12.1 Å². The fourth-order valence-electron chi connectivity index (χ4n) is 3.01. The normalized spacial score (nSPS) is 21.6. The van der Waals surface area contributed by atoms with Crippen LogP contribution in [0, 0.1) is 13.8 Å². The largest absolute Gasteiger partial charge is 0.372 e. The zero-order chi connectivity index (χ0) is 15.7. The van der Waals surface area contributed by atoms with Crippen molar-refractivity contribution in [3.8, 4) is 0 Å². The number of nitrogens with zero attached hydrogens (tertiary/aromatic N) is 4. The van der Waals surface area contributed by atoms with Crippen molar-refractivity contribution in [1.82, 2.24) is 25.2 Å². The number of aryl methyl sites for hydroxylation is 3. The van der Waals surface area contributed by atoms with Crippen LogP contribution < -0.4 is 5.32 Å². The third-order valence-corrected chi connectivity index (χ3v) is 4.28. The fourth-order valence-corrected chi connectivity index (χ4v) is 3.01. The highest BCUT2D eigenvalue weighted by Crippen LogP contribution is 2.33. The average molecular weight is 305 g/mol. The lowest BCUT2D eigenvalue weighted by Gasteiger charge is -2.19. The number of ether oxygens (including phenoxy) is 1. The lowest BCUT2D eigenvalue weighted by molar-refractivity contribution is 0.0968. The summed E-state index contributed by atoms with van der Waals surface area (Å²) in [6.07, 6.45) is 1.78. The summed E-state index contributed by atoms with van der Waals surface area (Å²) in [5.41, 5.74) is 3.38. The quantitative estimate of drug-likeness (QED) is 0.904. The molecule has 2 aromatic heterocycles. The smallest absolute Gasteiger partial charge is 0.240 e. The molecule has 1 fully saturated rings. The maximum absolute atomic E-state index is 5.96. The summed E-state index contributed by atoms with van der Waals surface area (Å²) >= 11 is 0. The van der Waals surface area contributed by atoms with Gasteiger partial charge in [0.25, 0.3) is 0 Å². The fraction of sp³-hybridized carbons (Fsp3) is 0.667. The van der Waals surface area contributed by atoms with Crippen LogP contribution in [0.5, 0.6) is 0 Å². The summed E-state index contributed by atoms with van der Waals surface area (Å²) in [5, 5.41) is 11.9. The molecule has 2 aromatic rings. The molecule has 0 radical (unpaired) electrons. The molecule has 3 rings (SSSR count). The van der Waals surface area contributed by atoms with Gasteiger partial charge in [0.2, 0.25) is 5.89 Å². The van der Waals surface area contributed by atoms with Crippen LogP contribution in [0.25, 0.3) is 0 Å². The van der Waals surface area contributed by atoms with E-state index in [2.05, 4.69) is 27.5 Å². The van der Waals surface area contributed by atoms with E-state index in [0.717, 1.165) is 36.7 Å². The van der Waals surface area contributed by atoms with E-state index in [1.54, 1.807) is 0 Å². The molecule has 0 amide bonds. The molecule has 0 aromatic carbocycles. The third kappa shape index (κ3) is 2.78. The minimum absolute atomic E-state index is 0.0299. The monoisotopic (exact) mass is 305 g/mol. The van der Waals surface area contributed by atoms with Gasteiger partial charge < -0.3 is 14.6 Å². The Morgan fingerprint density at radius 3 is 2.82 bits per heavy atom. The molecule has 0 aliphatic carbocycles. The first-order chi connectivity index (χ1) is 10.6. The molecule has 120 valence electrons. The maximum Gasteiger partial charge on any atom is 0.240 e. The summed E-state index contributed by atoms with van der Waals surface area (Å²) in [6.45, 7) is 7.44. The van der Waals surface area contributed by atoms with Crippen LogP contribution in [0.3, 0.4) is 0 Å². The molecule has 1 aliphatic heterocycles. The van der Waals surface area contributed by atoms with Gasteiger partial charge in [-0.05, 0) is 20.3 Å². The Hall–Kier alpha value is -1.73. The predicted octanol–water partition coefficient (Wildman–Crippen LogP) is 1.60. The summed E-state index contributed by atoms with van der Waals surface area (Å²) in [4.78, 5) is 4.33. The molecule has 2 atom stereocenters. The van der Waals surface area contributed by atoms with Gasteiger partial charge in [-0.3, -0.25) is 4.68 Å². The van der Waals surface area contributed by atoms with Crippen molar-refractivity contribution in [1.29, 1.82) is 0 Å². The Morgan fingerprint density at radius 1 is 1.36 bits per heavy atom. The predicted molar refractivity (Wildman–Crippen MR) is 80.3 cm³/mol. The van der Waals surface area contributed by atoms with Gasteiger partial charge in [0, 0.05) is 37.4 Å². The van der Waals surface area contributed by atoms with Gasteiger partial charge >= 0.3 is 0 Å². The first-order valence-corrected chi connectivity index (χ1v) is 7.76. The van der Waals surface area contributed by atoms with Crippen LogP contribution in [-0.2, 0) is 24.8 Å². The van der Waals surface area contributed by atoms with E-state index >= 15 is 0 Å². The van der Waals surface area contributed by atoms with Crippen molar-refractivity contribution in [3.63, 3.8) is 0 Å². The highest BCUT2D eigenvalue weighted by Gasteiger charge is 2.33. The van der Waals surface area contributed by atoms with Crippen LogP contribution in [0.1, 0.15) is 48.1 Å². The molecular formula is C15H23N5O2. The first kappa shape index (κ1) is 15.2.